The maximum atomic E-state index is 13.1. The van der Waals surface area contributed by atoms with Crippen molar-refractivity contribution in [2.75, 3.05) is 64.1 Å². The molecule has 2 aromatic rings. The first-order valence-corrected chi connectivity index (χ1v) is 12.9. The van der Waals surface area contributed by atoms with Gasteiger partial charge < -0.3 is 19.1 Å². The van der Waals surface area contributed by atoms with Crippen LogP contribution in [0.5, 0.6) is 17.2 Å². The van der Waals surface area contributed by atoms with Gasteiger partial charge in [-0.05, 0) is 30.7 Å². The number of nitrogens with zero attached hydrogens (tertiary/aromatic N) is 3. The molecule has 2 fully saturated rings. The molecule has 10 heteroatoms. The van der Waals surface area contributed by atoms with Gasteiger partial charge in [-0.15, -0.1) is 0 Å². The van der Waals surface area contributed by atoms with Gasteiger partial charge in [-0.3, -0.25) is 14.0 Å². The van der Waals surface area contributed by atoms with Crippen LogP contribution in [0.4, 0.5) is 5.69 Å². The third kappa shape index (κ3) is 4.78. The van der Waals surface area contributed by atoms with Gasteiger partial charge in [0, 0.05) is 50.4 Å². The van der Waals surface area contributed by atoms with Crippen LogP contribution in [0.2, 0.25) is 0 Å². The zero-order valence-corrected chi connectivity index (χ0v) is 20.6. The fourth-order valence-electron chi connectivity index (χ4n) is 4.54. The molecule has 2 aliphatic heterocycles. The van der Waals surface area contributed by atoms with Crippen molar-refractivity contribution >= 4 is 21.6 Å². The van der Waals surface area contributed by atoms with E-state index in [-0.39, 0.29) is 11.7 Å². The second-order valence-electron chi connectivity index (χ2n) is 8.35. The van der Waals surface area contributed by atoms with E-state index in [9.17, 15) is 13.2 Å². The first-order chi connectivity index (χ1) is 16.4. The van der Waals surface area contributed by atoms with Crippen LogP contribution in [0.1, 0.15) is 22.3 Å². The predicted octanol–water partition coefficient (Wildman–Crippen LogP) is 2.21. The third-order valence-electron chi connectivity index (χ3n) is 6.32. The molecule has 2 saturated heterocycles. The lowest BCUT2D eigenvalue weighted by molar-refractivity contribution is 0.0627. The van der Waals surface area contributed by atoms with E-state index >= 15 is 0 Å². The number of hydrogen-bond donors (Lipinski definition) is 0. The molecule has 2 aliphatic rings. The van der Waals surface area contributed by atoms with Crippen molar-refractivity contribution in [1.82, 2.24) is 9.80 Å². The van der Waals surface area contributed by atoms with Gasteiger partial charge in [0.2, 0.25) is 15.8 Å². The van der Waals surface area contributed by atoms with Crippen molar-refractivity contribution in [2.45, 2.75) is 13.0 Å². The number of rotatable bonds is 7. The van der Waals surface area contributed by atoms with Crippen LogP contribution in [0.3, 0.4) is 0 Å². The minimum Gasteiger partial charge on any atom is -0.493 e. The lowest BCUT2D eigenvalue weighted by atomic mass is 10.1. The van der Waals surface area contributed by atoms with Gasteiger partial charge >= 0.3 is 0 Å². The predicted molar refractivity (Wildman–Crippen MR) is 129 cm³/mol. The van der Waals surface area contributed by atoms with Crippen LogP contribution < -0.4 is 18.5 Å². The monoisotopic (exact) mass is 489 g/mol. The van der Waals surface area contributed by atoms with E-state index in [1.807, 2.05) is 17.0 Å². The number of hydrogen-bond acceptors (Lipinski definition) is 7. The van der Waals surface area contributed by atoms with Crippen molar-refractivity contribution in [3.05, 3.63) is 47.5 Å². The van der Waals surface area contributed by atoms with Gasteiger partial charge in [0.05, 0.1) is 32.8 Å². The minimum atomic E-state index is -3.29. The Morgan fingerprint density at radius 3 is 2.26 bits per heavy atom. The highest BCUT2D eigenvalue weighted by Crippen LogP contribution is 2.40. The van der Waals surface area contributed by atoms with Gasteiger partial charge in [0.15, 0.2) is 11.5 Å². The molecule has 0 unspecified atom stereocenters. The summed E-state index contributed by atoms with van der Waals surface area (Å²) < 4.78 is 42.3. The van der Waals surface area contributed by atoms with Crippen molar-refractivity contribution in [3.8, 4) is 17.2 Å². The lowest BCUT2D eigenvalue weighted by Crippen LogP contribution is -2.48. The zero-order valence-electron chi connectivity index (χ0n) is 19.8. The molecule has 0 spiro atoms. The van der Waals surface area contributed by atoms with Crippen molar-refractivity contribution < 1.29 is 27.4 Å². The Kier molecular flexibility index (Phi) is 7.18. The number of methoxy groups -OCH3 is 3. The molecule has 184 valence electrons. The molecule has 0 aliphatic carbocycles. The summed E-state index contributed by atoms with van der Waals surface area (Å²) in [6, 6.07) is 10.8. The quantitative estimate of drug-likeness (QED) is 0.589. The molecule has 0 radical (unpaired) electrons. The fraction of sp³-hybridized carbons (Fsp3) is 0.458. The summed E-state index contributed by atoms with van der Waals surface area (Å²) in [5.41, 5.74) is 2.05. The highest BCUT2D eigenvalue weighted by Gasteiger charge is 2.29. The number of sulfonamides is 1. The van der Waals surface area contributed by atoms with E-state index in [0.717, 1.165) is 5.56 Å². The van der Waals surface area contributed by atoms with E-state index < -0.39 is 10.0 Å². The smallest absolute Gasteiger partial charge is 0.254 e. The number of anilines is 1. The van der Waals surface area contributed by atoms with E-state index in [1.54, 1.807) is 45.6 Å². The van der Waals surface area contributed by atoms with Crippen molar-refractivity contribution in [3.63, 3.8) is 0 Å². The standard InChI is InChI=1S/C24H31N3O6S/c1-31-21-9-8-19(22(32-2)23(21)33-3)17-25-11-13-26(14-12-25)24(28)18-6-4-7-20(16-18)27-10-5-15-34(27,29)30/h4,6-9,16H,5,10-15,17H2,1-3H3. The number of piperazine rings is 1. The SMILES string of the molecule is COc1ccc(CN2CCN(C(=O)c3cccc(N4CCCS4(=O)=O)c3)CC2)c(OC)c1OC. The Balaban J connectivity index is 1.41. The summed E-state index contributed by atoms with van der Waals surface area (Å²) >= 11 is 0. The second kappa shape index (κ2) is 10.1. The zero-order chi connectivity index (χ0) is 24.3. The van der Waals surface area contributed by atoms with Gasteiger partial charge in [0.25, 0.3) is 5.91 Å². The average molecular weight is 490 g/mol. The number of benzene rings is 2. The minimum absolute atomic E-state index is 0.0817. The Hall–Kier alpha value is -2.98. The number of amides is 1. The Bertz CT molecular complexity index is 1150. The summed E-state index contributed by atoms with van der Waals surface area (Å²) in [5, 5.41) is 0. The van der Waals surface area contributed by atoms with Gasteiger partial charge in [-0.1, -0.05) is 12.1 Å². The first-order valence-electron chi connectivity index (χ1n) is 11.3. The topological polar surface area (TPSA) is 88.6 Å². The molecule has 0 N–H and O–H groups in total. The molecule has 0 atom stereocenters. The Labute approximate surface area is 200 Å². The fourth-order valence-corrected chi connectivity index (χ4v) is 6.10. The van der Waals surface area contributed by atoms with Gasteiger partial charge in [-0.25, -0.2) is 8.42 Å². The van der Waals surface area contributed by atoms with Gasteiger partial charge in [-0.2, -0.15) is 0 Å². The number of carbonyl (C=O) groups excluding carboxylic acids is 1. The largest absolute Gasteiger partial charge is 0.493 e. The molecule has 0 saturated carbocycles. The average Bonchev–Trinajstić information content (AvgIpc) is 3.22. The summed E-state index contributed by atoms with van der Waals surface area (Å²) in [5.74, 6) is 1.90. The van der Waals surface area contributed by atoms with E-state index in [0.29, 0.717) is 74.2 Å². The molecule has 34 heavy (non-hydrogen) atoms. The highest BCUT2D eigenvalue weighted by molar-refractivity contribution is 7.93. The molecule has 4 rings (SSSR count). The molecule has 0 aromatic heterocycles. The third-order valence-corrected chi connectivity index (χ3v) is 8.19. The molecular formula is C24H31N3O6S. The van der Waals surface area contributed by atoms with Crippen LogP contribution in [0.25, 0.3) is 0 Å². The van der Waals surface area contributed by atoms with E-state index in [2.05, 4.69) is 4.90 Å². The summed E-state index contributed by atoms with van der Waals surface area (Å²) in [6.45, 7) is 3.71. The van der Waals surface area contributed by atoms with E-state index in [4.69, 9.17) is 14.2 Å². The molecule has 2 aromatic carbocycles. The second-order valence-corrected chi connectivity index (χ2v) is 10.4. The van der Waals surface area contributed by atoms with Crippen LogP contribution in [0, 0.1) is 0 Å². The van der Waals surface area contributed by atoms with Crippen molar-refractivity contribution in [2.24, 2.45) is 0 Å². The normalized spacial score (nSPS) is 18.1. The van der Waals surface area contributed by atoms with Crippen LogP contribution in [-0.2, 0) is 16.6 Å². The van der Waals surface area contributed by atoms with Crippen LogP contribution in [0.15, 0.2) is 36.4 Å². The highest BCUT2D eigenvalue weighted by atomic mass is 32.2. The summed E-state index contributed by atoms with van der Waals surface area (Å²) in [4.78, 5) is 17.2. The molecule has 2 heterocycles. The Morgan fingerprint density at radius 2 is 1.65 bits per heavy atom. The molecule has 9 nitrogen and oxygen atoms in total. The maximum absolute atomic E-state index is 13.1. The molecular weight excluding hydrogens is 458 g/mol. The molecule has 0 bridgehead atoms. The number of carbonyl (C=O) groups is 1. The molecule has 1 amide bonds. The van der Waals surface area contributed by atoms with Gasteiger partial charge in [0.1, 0.15) is 0 Å². The van der Waals surface area contributed by atoms with Crippen LogP contribution in [-0.4, -0.2) is 83.9 Å². The van der Waals surface area contributed by atoms with Crippen LogP contribution >= 0.6 is 0 Å². The lowest BCUT2D eigenvalue weighted by Gasteiger charge is -2.35. The summed E-state index contributed by atoms with van der Waals surface area (Å²) in [7, 11) is 1.50. The van der Waals surface area contributed by atoms with E-state index in [1.165, 1.54) is 4.31 Å². The number of ether oxygens (including phenoxy) is 3. The summed E-state index contributed by atoms with van der Waals surface area (Å²) in [6.07, 6.45) is 0.604. The Morgan fingerprint density at radius 1 is 0.912 bits per heavy atom. The maximum Gasteiger partial charge on any atom is 0.254 e. The van der Waals surface area contributed by atoms with Crippen molar-refractivity contribution in [1.29, 1.82) is 0 Å². The first kappa shape index (κ1) is 24.2.